The van der Waals surface area contributed by atoms with Gasteiger partial charge in [0.1, 0.15) is 0 Å². The van der Waals surface area contributed by atoms with Crippen LogP contribution in [0.2, 0.25) is 5.02 Å². The fourth-order valence-electron chi connectivity index (χ4n) is 1.27. The molecule has 1 aromatic carbocycles. The molecule has 5 heteroatoms. The molecule has 0 unspecified atom stereocenters. The van der Waals surface area contributed by atoms with Gasteiger partial charge in [-0.3, -0.25) is 4.79 Å². The average Bonchev–Trinajstić information content (AvgIpc) is 2.30. The van der Waals surface area contributed by atoms with Gasteiger partial charge >= 0.3 is 0 Å². The number of anilines is 1. The number of halogens is 1. The van der Waals surface area contributed by atoms with Gasteiger partial charge in [-0.05, 0) is 32.0 Å². The summed E-state index contributed by atoms with van der Waals surface area (Å²) in [6, 6.07) is 4.76. The van der Waals surface area contributed by atoms with Gasteiger partial charge in [-0.2, -0.15) is 0 Å². The Bertz CT molecular complexity index is 433. The number of carbonyl (C=O) groups excluding carboxylic acids is 1. The molecule has 0 aliphatic carbocycles. The van der Waals surface area contributed by atoms with E-state index in [4.69, 9.17) is 17.3 Å². The number of aliphatic hydroxyl groups is 1. The number of rotatable bonds is 3. The lowest BCUT2D eigenvalue weighted by Gasteiger charge is -2.34. The normalized spacial score (nSPS) is 11.4. The molecule has 4 nitrogen and oxygen atoms in total. The number of nitrogens with two attached hydrogens (primary N) is 1. The van der Waals surface area contributed by atoms with Gasteiger partial charge in [0.2, 0.25) is 0 Å². The Balaban J connectivity index is 3.08. The van der Waals surface area contributed by atoms with Crippen molar-refractivity contribution in [3.8, 4) is 0 Å². The molecule has 1 rings (SSSR count). The van der Waals surface area contributed by atoms with Crippen molar-refractivity contribution in [2.45, 2.75) is 19.4 Å². The summed E-state index contributed by atoms with van der Waals surface area (Å²) in [4.78, 5) is 13.7. The van der Waals surface area contributed by atoms with Crippen molar-refractivity contribution in [2.75, 3.05) is 19.4 Å². The second kappa shape index (κ2) is 4.94. The van der Waals surface area contributed by atoms with Crippen LogP contribution >= 0.6 is 11.6 Å². The van der Waals surface area contributed by atoms with E-state index in [9.17, 15) is 9.90 Å². The minimum atomic E-state index is -0.648. The molecule has 0 fully saturated rings. The van der Waals surface area contributed by atoms with Crippen LogP contribution in [0.4, 0.5) is 5.69 Å². The second-order valence-electron chi connectivity index (χ2n) is 4.57. The van der Waals surface area contributed by atoms with Gasteiger partial charge in [-0.1, -0.05) is 11.6 Å². The van der Waals surface area contributed by atoms with Crippen molar-refractivity contribution < 1.29 is 9.90 Å². The summed E-state index contributed by atoms with van der Waals surface area (Å²) >= 11 is 5.96. The lowest BCUT2D eigenvalue weighted by molar-refractivity contribution is 0.0473. The molecule has 1 amide bonds. The van der Waals surface area contributed by atoms with Crippen LogP contribution in [0.1, 0.15) is 24.2 Å². The van der Waals surface area contributed by atoms with E-state index >= 15 is 0 Å². The summed E-state index contributed by atoms with van der Waals surface area (Å²) < 4.78 is 0. The zero-order valence-corrected chi connectivity index (χ0v) is 11.0. The third-order valence-corrected chi connectivity index (χ3v) is 3.15. The highest BCUT2D eigenvalue weighted by Gasteiger charge is 2.28. The zero-order chi connectivity index (χ0) is 13.2. The number of benzene rings is 1. The van der Waals surface area contributed by atoms with Crippen molar-refractivity contribution in [3.63, 3.8) is 0 Å². The first-order valence-corrected chi connectivity index (χ1v) is 5.61. The second-order valence-corrected chi connectivity index (χ2v) is 4.98. The van der Waals surface area contributed by atoms with Crippen molar-refractivity contribution in [3.05, 3.63) is 28.8 Å². The van der Waals surface area contributed by atoms with Crippen LogP contribution in [-0.2, 0) is 0 Å². The summed E-state index contributed by atoms with van der Waals surface area (Å²) in [7, 11) is 1.62. The molecule has 0 aliphatic heterocycles. The van der Waals surface area contributed by atoms with Gasteiger partial charge < -0.3 is 15.7 Å². The highest BCUT2D eigenvalue weighted by Crippen LogP contribution is 2.23. The van der Waals surface area contributed by atoms with Gasteiger partial charge in [0.25, 0.3) is 5.91 Å². The Hall–Kier alpha value is -1.26. The number of nitrogen functional groups attached to an aromatic ring is 1. The number of amides is 1. The molecule has 0 spiro atoms. The van der Waals surface area contributed by atoms with E-state index in [-0.39, 0.29) is 12.5 Å². The first-order valence-electron chi connectivity index (χ1n) is 5.23. The van der Waals surface area contributed by atoms with Crippen molar-refractivity contribution in [1.82, 2.24) is 4.90 Å². The highest BCUT2D eigenvalue weighted by molar-refractivity contribution is 6.34. The number of nitrogens with zero attached hydrogens (tertiary/aromatic N) is 1. The van der Waals surface area contributed by atoms with E-state index in [1.54, 1.807) is 33.0 Å². The van der Waals surface area contributed by atoms with Crippen molar-refractivity contribution in [1.29, 1.82) is 0 Å². The highest BCUT2D eigenvalue weighted by atomic mass is 35.5. The Morgan fingerprint density at radius 3 is 2.65 bits per heavy atom. The molecule has 1 aromatic rings. The summed E-state index contributed by atoms with van der Waals surface area (Å²) in [6.07, 6.45) is 0. The summed E-state index contributed by atoms with van der Waals surface area (Å²) in [5.41, 5.74) is 5.80. The molecule has 0 aromatic heterocycles. The molecule has 0 heterocycles. The summed E-state index contributed by atoms with van der Waals surface area (Å²) in [5.74, 6) is -0.263. The van der Waals surface area contributed by atoms with E-state index in [0.717, 1.165) is 0 Å². The SMILES string of the molecule is CN(C(=O)c1cc(N)ccc1Cl)C(C)(C)CO. The van der Waals surface area contributed by atoms with Crippen LogP contribution in [0.5, 0.6) is 0 Å². The van der Waals surface area contributed by atoms with Crippen LogP contribution in [0.15, 0.2) is 18.2 Å². The summed E-state index contributed by atoms with van der Waals surface area (Å²) in [6.45, 7) is 3.41. The molecule has 0 saturated heterocycles. The molecule has 17 heavy (non-hydrogen) atoms. The van der Waals surface area contributed by atoms with Gasteiger partial charge in [-0.15, -0.1) is 0 Å². The molecule has 3 N–H and O–H groups in total. The molecular formula is C12H17ClN2O2. The van der Waals surface area contributed by atoms with Crippen molar-refractivity contribution in [2.24, 2.45) is 0 Å². The Morgan fingerprint density at radius 1 is 1.53 bits per heavy atom. The lowest BCUT2D eigenvalue weighted by Crippen LogP contribution is -2.47. The van der Waals surface area contributed by atoms with Crippen molar-refractivity contribution >= 4 is 23.2 Å². The van der Waals surface area contributed by atoms with Crippen LogP contribution in [-0.4, -0.2) is 35.1 Å². The molecule has 0 radical (unpaired) electrons. The van der Waals surface area contributed by atoms with E-state index in [1.807, 2.05) is 0 Å². The maximum Gasteiger partial charge on any atom is 0.255 e. The van der Waals surface area contributed by atoms with E-state index in [2.05, 4.69) is 0 Å². The Morgan fingerprint density at radius 2 is 2.12 bits per heavy atom. The molecular weight excluding hydrogens is 240 g/mol. The smallest absolute Gasteiger partial charge is 0.255 e. The van der Waals surface area contributed by atoms with Gasteiger partial charge in [-0.25, -0.2) is 0 Å². The maximum absolute atomic E-state index is 12.2. The third-order valence-electron chi connectivity index (χ3n) is 2.82. The topological polar surface area (TPSA) is 66.6 Å². The fourth-order valence-corrected chi connectivity index (χ4v) is 1.47. The maximum atomic E-state index is 12.2. The monoisotopic (exact) mass is 256 g/mol. The molecule has 0 bridgehead atoms. The largest absolute Gasteiger partial charge is 0.399 e. The minimum absolute atomic E-state index is 0.130. The van der Waals surface area contributed by atoms with Gasteiger partial charge in [0.05, 0.1) is 22.7 Å². The predicted octanol–water partition coefficient (Wildman–Crippen LogP) is 1.77. The number of aliphatic hydroxyl groups excluding tert-OH is 1. The summed E-state index contributed by atoms with van der Waals surface area (Å²) in [5, 5.41) is 9.58. The first-order chi connectivity index (χ1) is 7.79. The van der Waals surface area contributed by atoms with Crippen LogP contribution in [0.3, 0.4) is 0 Å². The number of hydrogen-bond donors (Lipinski definition) is 2. The van der Waals surface area contributed by atoms with E-state index in [0.29, 0.717) is 16.3 Å². The predicted molar refractivity (Wildman–Crippen MR) is 69.1 cm³/mol. The van der Waals surface area contributed by atoms with Gasteiger partial charge in [0.15, 0.2) is 0 Å². The molecule has 0 aliphatic rings. The van der Waals surface area contributed by atoms with Crippen LogP contribution in [0, 0.1) is 0 Å². The van der Waals surface area contributed by atoms with Gasteiger partial charge in [0, 0.05) is 12.7 Å². The van der Waals surface area contributed by atoms with Crippen LogP contribution < -0.4 is 5.73 Å². The molecule has 94 valence electrons. The average molecular weight is 257 g/mol. The fraction of sp³-hybridized carbons (Fsp3) is 0.417. The Labute approximate surface area is 106 Å². The first kappa shape index (κ1) is 13.8. The van der Waals surface area contributed by atoms with E-state index < -0.39 is 5.54 Å². The van der Waals surface area contributed by atoms with Crippen LogP contribution in [0.25, 0.3) is 0 Å². The Kier molecular flexibility index (Phi) is 4.01. The molecule has 0 atom stereocenters. The zero-order valence-electron chi connectivity index (χ0n) is 10.2. The third kappa shape index (κ3) is 2.90. The quantitative estimate of drug-likeness (QED) is 0.810. The number of likely N-dealkylation sites (N-methyl/N-ethyl adjacent to an activating group) is 1. The molecule has 0 saturated carbocycles. The minimum Gasteiger partial charge on any atom is -0.399 e. The number of hydrogen-bond acceptors (Lipinski definition) is 3. The lowest BCUT2D eigenvalue weighted by atomic mass is 10.0. The standard InChI is InChI=1S/C12H17ClN2O2/c1-12(2,7-16)15(3)11(17)9-6-8(14)4-5-10(9)13/h4-6,16H,7,14H2,1-3H3. The number of carbonyl (C=O) groups is 1. The van der Waals surface area contributed by atoms with E-state index in [1.165, 1.54) is 11.0 Å².